The lowest BCUT2D eigenvalue weighted by atomic mass is 9.98. The molecule has 0 saturated carbocycles. The molecule has 0 radical (unpaired) electrons. The van der Waals surface area contributed by atoms with Crippen molar-refractivity contribution in [3.05, 3.63) is 133 Å². The zero-order chi connectivity index (χ0) is 26.9. The van der Waals surface area contributed by atoms with Crippen LogP contribution in [0, 0.1) is 0 Å². The number of rotatable bonds is 3. The van der Waals surface area contributed by atoms with Gasteiger partial charge >= 0.3 is 6.01 Å². The average molecular weight is 527 g/mol. The van der Waals surface area contributed by atoms with Gasteiger partial charge in [-0.25, -0.2) is 0 Å². The fraction of sp³-hybridized carbons (Fsp3) is 0. The molecule has 0 aliphatic rings. The molecule has 3 aromatic heterocycles. The summed E-state index contributed by atoms with van der Waals surface area (Å²) in [6.07, 6.45) is 0. The Labute approximate surface area is 234 Å². The third kappa shape index (κ3) is 3.25. The first-order valence-corrected chi connectivity index (χ1v) is 13.7. The smallest absolute Gasteiger partial charge is 0.307 e. The van der Waals surface area contributed by atoms with E-state index in [0.29, 0.717) is 6.01 Å². The number of furan rings is 1. The molecule has 4 heteroatoms. The lowest BCUT2D eigenvalue weighted by Crippen LogP contribution is -1.93. The summed E-state index contributed by atoms with van der Waals surface area (Å²) >= 11 is 0. The summed E-state index contributed by atoms with van der Waals surface area (Å²) in [6, 6.07) is 46.6. The van der Waals surface area contributed by atoms with E-state index in [1.807, 2.05) is 24.3 Å². The number of benzene rings is 6. The molecule has 0 bridgehead atoms. The molecule has 6 aromatic carbocycles. The van der Waals surface area contributed by atoms with E-state index in [9.17, 15) is 0 Å². The lowest BCUT2D eigenvalue weighted by Gasteiger charge is -2.06. The van der Waals surface area contributed by atoms with Crippen LogP contribution in [-0.2, 0) is 0 Å². The van der Waals surface area contributed by atoms with Gasteiger partial charge in [0.25, 0.3) is 0 Å². The minimum absolute atomic E-state index is 0.542. The normalized spacial score (nSPS) is 11.9. The Kier molecular flexibility index (Phi) is 4.58. The molecular weight excluding hydrogens is 504 g/mol. The van der Waals surface area contributed by atoms with Crippen molar-refractivity contribution < 1.29 is 8.83 Å². The maximum atomic E-state index is 6.62. The SMILES string of the molecule is c1ccc(-c2ccc(-c3cc4oc(-n5c6ccccc6c6ccccc65)nc4c4c3oc3ccccc34)cc2)cc1. The van der Waals surface area contributed by atoms with Crippen LogP contribution in [0.25, 0.3) is 83.1 Å². The van der Waals surface area contributed by atoms with Crippen LogP contribution in [0.5, 0.6) is 0 Å². The first-order valence-electron chi connectivity index (χ1n) is 13.7. The molecule has 4 nitrogen and oxygen atoms in total. The maximum absolute atomic E-state index is 6.62. The Balaban J connectivity index is 1.32. The van der Waals surface area contributed by atoms with Crippen molar-refractivity contribution in [3.8, 4) is 28.3 Å². The second-order valence-electron chi connectivity index (χ2n) is 10.4. The van der Waals surface area contributed by atoms with E-state index in [4.69, 9.17) is 13.8 Å². The molecule has 192 valence electrons. The highest BCUT2D eigenvalue weighted by Crippen LogP contribution is 2.42. The largest absolute Gasteiger partial charge is 0.455 e. The van der Waals surface area contributed by atoms with E-state index in [2.05, 4.69) is 114 Å². The summed E-state index contributed by atoms with van der Waals surface area (Å²) in [7, 11) is 0. The van der Waals surface area contributed by atoms with E-state index < -0.39 is 0 Å². The Morgan fingerprint density at radius 1 is 0.488 bits per heavy atom. The van der Waals surface area contributed by atoms with Crippen LogP contribution in [-0.4, -0.2) is 9.55 Å². The number of hydrogen-bond donors (Lipinski definition) is 0. The van der Waals surface area contributed by atoms with E-state index in [1.165, 1.54) is 21.9 Å². The predicted molar refractivity (Wildman–Crippen MR) is 166 cm³/mol. The van der Waals surface area contributed by atoms with E-state index in [-0.39, 0.29) is 0 Å². The molecule has 41 heavy (non-hydrogen) atoms. The van der Waals surface area contributed by atoms with Crippen molar-refractivity contribution in [2.45, 2.75) is 0 Å². The standard InChI is InChI=1S/C37H22N2O2/c1-2-10-23(11-3-1)24-18-20-25(21-19-24)29-22-33-35(34-28-14-6-9-17-32(28)40-36(29)34)38-37(41-33)39-30-15-7-4-12-26(30)27-13-5-8-16-31(27)39/h1-22H. The number of oxazole rings is 1. The van der Waals surface area contributed by atoms with Gasteiger partial charge < -0.3 is 8.83 Å². The Morgan fingerprint density at radius 2 is 1.07 bits per heavy atom. The Hall–Kier alpha value is -5.61. The maximum Gasteiger partial charge on any atom is 0.307 e. The molecular formula is C37H22N2O2. The van der Waals surface area contributed by atoms with Crippen LogP contribution >= 0.6 is 0 Å². The number of hydrogen-bond acceptors (Lipinski definition) is 3. The van der Waals surface area contributed by atoms with Gasteiger partial charge in [-0.1, -0.05) is 109 Å². The zero-order valence-corrected chi connectivity index (χ0v) is 21.9. The summed E-state index contributed by atoms with van der Waals surface area (Å²) in [6.45, 7) is 0. The van der Waals surface area contributed by atoms with Gasteiger partial charge in [-0.05, 0) is 41.0 Å². The topological polar surface area (TPSA) is 44.1 Å². The van der Waals surface area contributed by atoms with Crippen molar-refractivity contribution >= 4 is 54.8 Å². The number of nitrogens with zero attached hydrogens (tertiary/aromatic N) is 2. The fourth-order valence-electron chi connectivity index (χ4n) is 6.18. The van der Waals surface area contributed by atoms with Crippen molar-refractivity contribution in [1.82, 2.24) is 9.55 Å². The molecule has 0 amide bonds. The van der Waals surface area contributed by atoms with Gasteiger partial charge in [-0.3, -0.25) is 4.57 Å². The van der Waals surface area contributed by atoms with Crippen LogP contribution < -0.4 is 0 Å². The summed E-state index contributed by atoms with van der Waals surface area (Å²) in [4.78, 5) is 5.13. The number of para-hydroxylation sites is 3. The second kappa shape index (κ2) is 8.44. The van der Waals surface area contributed by atoms with Crippen LogP contribution in [0.3, 0.4) is 0 Å². The third-order valence-corrected chi connectivity index (χ3v) is 8.07. The fourth-order valence-corrected chi connectivity index (χ4v) is 6.18. The Morgan fingerprint density at radius 3 is 1.80 bits per heavy atom. The Bertz CT molecular complexity index is 2350. The molecule has 3 heterocycles. The zero-order valence-electron chi connectivity index (χ0n) is 21.9. The molecule has 0 atom stereocenters. The summed E-state index contributed by atoms with van der Waals surface area (Å²) in [5.74, 6) is 0. The molecule has 9 aromatic rings. The number of aromatic nitrogens is 2. The highest BCUT2D eigenvalue weighted by molar-refractivity contribution is 6.20. The van der Waals surface area contributed by atoms with Crippen molar-refractivity contribution in [1.29, 1.82) is 0 Å². The first kappa shape index (κ1) is 22.2. The predicted octanol–water partition coefficient (Wildman–Crippen LogP) is 10.2. The monoisotopic (exact) mass is 526 g/mol. The van der Waals surface area contributed by atoms with Crippen LogP contribution in [0.2, 0.25) is 0 Å². The van der Waals surface area contributed by atoms with Gasteiger partial charge in [-0.15, -0.1) is 0 Å². The molecule has 0 N–H and O–H groups in total. The van der Waals surface area contributed by atoms with Gasteiger partial charge in [0.15, 0.2) is 5.58 Å². The highest BCUT2D eigenvalue weighted by atomic mass is 16.4. The molecule has 9 rings (SSSR count). The van der Waals surface area contributed by atoms with Gasteiger partial charge in [0.05, 0.1) is 16.4 Å². The molecule has 0 aliphatic carbocycles. The second-order valence-corrected chi connectivity index (χ2v) is 10.4. The minimum Gasteiger partial charge on any atom is -0.455 e. The van der Waals surface area contributed by atoms with Crippen LogP contribution in [0.15, 0.2) is 142 Å². The average Bonchev–Trinajstić information content (AvgIpc) is 3.72. The molecule has 0 aliphatic heterocycles. The van der Waals surface area contributed by atoms with Crippen LogP contribution in [0.4, 0.5) is 0 Å². The van der Waals surface area contributed by atoms with E-state index >= 15 is 0 Å². The number of fused-ring (bicyclic) bond motifs is 8. The van der Waals surface area contributed by atoms with Gasteiger partial charge in [-0.2, -0.15) is 4.98 Å². The molecule has 0 saturated heterocycles. The van der Waals surface area contributed by atoms with Gasteiger partial charge in [0.1, 0.15) is 16.7 Å². The van der Waals surface area contributed by atoms with Gasteiger partial charge in [0.2, 0.25) is 0 Å². The van der Waals surface area contributed by atoms with E-state index in [1.54, 1.807) is 0 Å². The van der Waals surface area contributed by atoms with E-state index in [0.717, 1.165) is 55.2 Å². The highest BCUT2D eigenvalue weighted by Gasteiger charge is 2.22. The lowest BCUT2D eigenvalue weighted by molar-refractivity contribution is 0.574. The van der Waals surface area contributed by atoms with Crippen LogP contribution in [0.1, 0.15) is 0 Å². The molecule has 0 fully saturated rings. The summed E-state index contributed by atoms with van der Waals surface area (Å²) in [5.41, 5.74) is 9.69. The van der Waals surface area contributed by atoms with Crippen molar-refractivity contribution in [2.75, 3.05) is 0 Å². The van der Waals surface area contributed by atoms with Gasteiger partial charge in [0, 0.05) is 21.7 Å². The van der Waals surface area contributed by atoms with Crippen molar-refractivity contribution in [3.63, 3.8) is 0 Å². The molecule has 0 unspecified atom stereocenters. The molecule has 0 spiro atoms. The van der Waals surface area contributed by atoms with Crippen molar-refractivity contribution in [2.24, 2.45) is 0 Å². The summed E-state index contributed by atoms with van der Waals surface area (Å²) < 4.78 is 15.3. The first-order chi connectivity index (χ1) is 20.3. The summed E-state index contributed by atoms with van der Waals surface area (Å²) in [5, 5.41) is 4.33. The minimum atomic E-state index is 0.542. The third-order valence-electron chi connectivity index (χ3n) is 8.07. The quantitative estimate of drug-likeness (QED) is 0.230.